The number of fused-ring (bicyclic) bond motifs is 1. The normalized spacial score (nSPS) is 15.6. The van der Waals surface area contributed by atoms with Crippen molar-refractivity contribution in [3.05, 3.63) is 96.3 Å². The molecule has 1 aromatic carbocycles. The molecule has 6 heteroatoms. The highest BCUT2D eigenvalue weighted by molar-refractivity contribution is 5.92. The number of nitrogens with one attached hydrogen (secondary N) is 2. The number of hydrogen-bond acceptors (Lipinski definition) is 5. The van der Waals surface area contributed by atoms with Gasteiger partial charge >= 0.3 is 0 Å². The number of benzene rings is 1. The second-order valence-electron chi connectivity index (χ2n) is 11.8. The average molecular weight is 525 g/mol. The molecule has 0 aliphatic carbocycles. The van der Waals surface area contributed by atoms with Crippen molar-refractivity contribution < 1.29 is 0 Å². The van der Waals surface area contributed by atoms with Crippen molar-refractivity contribution in [3.63, 3.8) is 0 Å². The molecule has 1 fully saturated rings. The maximum atomic E-state index is 6.47. The average Bonchev–Trinajstić information content (AvgIpc) is 3.30. The number of nitrogens with two attached hydrogens (primary N) is 1. The standard InChI is InChI=1S/C33H44N6/c1-8-24(17-27(9-2)36-23(3)20-33(4,5)6)25-10-11-30(34)26(16-25)18-28-19-29-31(37-28)21-35-22-32(29)39-14-12-38(7)13-15-39/h8-11,16-17,19,21-22,36-37H,2-3,12-15,18,20,34H2,1,4-7H3/b24-8+,27-17+. The summed E-state index contributed by atoms with van der Waals surface area (Å²) in [5.74, 6) is 0. The summed E-state index contributed by atoms with van der Waals surface area (Å²) in [4.78, 5) is 12.9. The van der Waals surface area contributed by atoms with Crippen LogP contribution in [-0.2, 0) is 6.42 Å². The fourth-order valence-electron chi connectivity index (χ4n) is 5.17. The summed E-state index contributed by atoms with van der Waals surface area (Å²) < 4.78 is 0. The largest absolute Gasteiger partial charge is 0.398 e. The lowest BCUT2D eigenvalue weighted by molar-refractivity contribution is 0.313. The van der Waals surface area contributed by atoms with E-state index < -0.39 is 0 Å². The second kappa shape index (κ2) is 12.0. The van der Waals surface area contributed by atoms with E-state index in [0.717, 1.165) is 77.6 Å². The quantitative estimate of drug-likeness (QED) is 0.220. The van der Waals surface area contributed by atoms with Crippen molar-refractivity contribution in [2.24, 2.45) is 5.41 Å². The molecule has 0 saturated carbocycles. The molecule has 3 heterocycles. The van der Waals surface area contributed by atoms with Crippen molar-refractivity contribution in [1.82, 2.24) is 20.2 Å². The fourth-order valence-corrected chi connectivity index (χ4v) is 5.17. The summed E-state index contributed by atoms with van der Waals surface area (Å²) in [6.45, 7) is 21.1. The first kappa shape index (κ1) is 28.2. The summed E-state index contributed by atoms with van der Waals surface area (Å²) in [5, 5.41) is 4.65. The van der Waals surface area contributed by atoms with Crippen LogP contribution in [0, 0.1) is 5.41 Å². The van der Waals surface area contributed by atoms with Gasteiger partial charge < -0.3 is 25.8 Å². The Hall–Kier alpha value is -3.77. The SMILES string of the molecule is C=C/C(=C\C(=C/C)c1ccc(N)c(Cc2cc3c(N4CCN(C)CC4)cncc3[nH]2)c1)NC(=C)CC(C)(C)C. The van der Waals surface area contributed by atoms with Crippen LogP contribution in [0.15, 0.2) is 79.4 Å². The van der Waals surface area contributed by atoms with E-state index in [9.17, 15) is 0 Å². The molecule has 0 spiro atoms. The summed E-state index contributed by atoms with van der Waals surface area (Å²) in [6.07, 6.45) is 11.6. The minimum atomic E-state index is 0.162. The Balaban J connectivity index is 1.57. The lowest BCUT2D eigenvalue weighted by Crippen LogP contribution is -2.44. The van der Waals surface area contributed by atoms with Gasteiger partial charge in [0, 0.05) is 60.8 Å². The third-order valence-electron chi connectivity index (χ3n) is 7.19. The van der Waals surface area contributed by atoms with Crippen LogP contribution in [-0.4, -0.2) is 48.1 Å². The Morgan fingerprint density at radius 1 is 1.15 bits per heavy atom. The number of H-pyrrole nitrogens is 1. The van der Waals surface area contributed by atoms with Crippen LogP contribution in [0.4, 0.5) is 11.4 Å². The molecule has 4 N–H and O–H groups in total. The number of allylic oxidation sites excluding steroid dienone is 5. The lowest BCUT2D eigenvalue weighted by atomic mass is 9.91. The van der Waals surface area contributed by atoms with Crippen LogP contribution < -0.4 is 16.0 Å². The summed E-state index contributed by atoms with van der Waals surface area (Å²) in [6, 6.07) is 8.53. The van der Waals surface area contributed by atoms with Gasteiger partial charge in [0.25, 0.3) is 0 Å². The topological polar surface area (TPSA) is 73.2 Å². The lowest BCUT2D eigenvalue weighted by Gasteiger charge is -2.34. The Morgan fingerprint density at radius 3 is 2.56 bits per heavy atom. The molecule has 1 aliphatic rings. The molecule has 0 atom stereocenters. The number of aromatic nitrogens is 2. The number of nitrogen functional groups attached to an aromatic ring is 1. The Bertz CT molecular complexity index is 1390. The van der Waals surface area contributed by atoms with E-state index in [1.807, 2.05) is 24.5 Å². The minimum Gasteiger partial charge on any atom is -0.398 e. The van der Waals surface area contributed by atoms with Crippen LogP contribution in [0.25, 0.3) is 16.5 Å². The minimum absolute atomic E-state index is 0.162. The number of piperazine rings is 1. The molecule has 3 aromatic rings. The van der Waals surface area contributed by atoms with E-state index in [0.29, 0.717) is 6.42 Å². The van der Waals surface area contributed by atoms with Crippen molar-refractivity contribution in [2.45, 2.75) is 40.5 Å². The molecule has 0 unspecified atom stereocenters. The van der Waals surface area contributed by atoms with E-state index in [-0.39, 0.29) is 5.41 Å². The molecule has 0 amide bonds. The molecular weight excluding hydrogens is 480 g/mol. The number of aromatic amines is 1. The highest BCUT2D eigenvalue weighted by atomic mass is 15.2. The number of nitrogens with zero attached hydrogens (tertiary/aromatic N) is 3. The molecular formula is C33H44N6. The van der Waals surface area contributed by atoms with Crippen LogP contribution in [0.1, 0.15) is 50.9 Å². The zero-order valence-electron chi connectivity index (χ0n) is 24.3. The maximum absolute atomic E-state index is 6.47. The second-order valence-corrected chi connectivity index (χ2v) is 11.8. The van der Waals surface area contributed by atoms with E-state index in [2.05, 4.69) is 103 Å². The Labute approximate surface area is 234 Å². The number of hydrogen-bond donors (Lipinski definition) is 3. The van der Waals surface area contributed by atoms with Crippen LogP contribution in [0.5, 0.6) is 0 Å². The maximum Gasteiger partial charge on any atom is 0.0663 e. The van der Waals surface area contributed by atoms with Crippen molar-refractivity contribution in [2.75, 3.05) is 43.9 Å². The molecule has 4 rings (SSSR count). The molecule has 0 radical (unpaired) electrons. The fraction of sp³-hybridized carbons (Fsp3) is 0.364. The smallest absolute Gasteiger partial charge is 0.0663 e. The third-order valence-corrected chi connectivity index (χ3v) is 7.19. The number of likely N-dealkylation sites (N-methyl/N-ethyl adjacent to an activating group) is 1. The van der Waals surface area contributed by atoms with Gasteiger partial charge in [0.2, 0.25) is 0 Å². The van der Waals surface area contributed by atoms with Gasteiger partial charge in [0.1, 0.15) is 0 Å². The number of rotatable bonds is 9. The van der Waals surface area contributed by atoms with Gasteiger partial charge in [-0.1, -0.05) is 46.1 Å². The third kappa shape index (κ3) is 7.21. The first-order valence-corrected chi connectivity index (χ1v) is 13.8. The monoisotopic (exact) mass is 524 g/mol. The number of anilines is 2. The van der Waals surface area contributed by atoms with E-state index in [1.165, 1.54) is 11.1 Å². The molecule has 1 aliphatic heterocycles. The van der Waals surface area contributed by atoms with E-state index in [1.54, 1.807) is 0 Å². The van der Waals surface area contributed by atoms with Gasteiger partial charge in [-0.2, -0.15) is 0 Å². The predicted octanol–water partition coefficient (Wildman–Crippen LogP) is 6.50. The van der Waals surface area contributed by atoms with Crippen LogP contribution in [0.3, 0.4) is 0 Å². The molecule has 1 saturated heterocycles. The molecule has 206 valence electrons. The van der Waals surface area contributed by atoms with Gasteiger partial charge in [0.15, 0.2) is 0 Å². The van der Waals surface area contributed by atoms with Gasteiger partial charge in [-0.3, -0.25) is 4.98 Å². The van der Waals surface area contributed by atoms with Gasteiger partial charge in [-0.05, 0) is 72.9 Å². The van der Waals surface area contributed by atoms with Crippen molar-refractivity contribution in [3.8, 4) is 0 Å². The predicted molar refractivity (Wildman–Crippen MR) is 168 cm³/mol. The van der Waals surface area contributed by atoms with Gasteiger partial charge in [-0.25, -0.2) is 0 Å². The summed E-state index contributed by atoms with van der Waals surface area (Å²) >= 11 is 0. The van der Waals surface area contributed by atoms with Crippen LogP contribution in [0.2, 0.25) is 0 Å². The summed E-state index contributed by atoms with van der Waals surface area (Å²) in [7, 11) is 2.18. The first-order chi connectivity index (χ1) is 18.6. The van der Waals surface area contributed by atoms with E-state index in [4.69, 9.17) is 5.73 Å². The Kier molecular flexibility index (Phi) is 8.66. The highest BCUT2D eigenvalue weighted by Crippen LogP contribution is 2.30. The molecule has 6 nitrogen and oxygen atoms in total. The molecule has 2 aromatic heterocycles. The molecule has 0 bridgehead atoms. The van der Waals surface area contributed by atoms with Crippen molar-refractivity contribution >= 4 is 27.9 Å². The highest BCUT2D eigenvalue weighted by Gasteiger charge is 2.18. The van der Waals surface area contributed by atoms with Gasteiger partial charge in [-0.15, -0.1) is 0 Å². The number of pyridine rings is 1. The summed E-state index contributed by atoms with van der Waals surface area (Å²) in [5.41, 5.74) is 16.0. The van der Waals surface area contributed by atoms with Crippen molar-refractivity contribution in [1.29, 1.82) is 0 Å². The van der Waals surface area contributed by atoms with E-state index >= 15 is 0 Å². The zero-order chi connectivity index (χ0) is 28.2. The zero-order valence-corrected chi connectivity index (χ0v) is 24.3. The van der Waals surface area contributed by atoms with Crippen LogP contribution >= 0.6 is 0 Å². The van der Waals surface area contributed by atoms with Gasteiger partial charge in [0.05, 0.1) is 23.6 Å². The Morgan fingerprint density at radius 2 is 1.90 bits per heavy atom. The first-order valence-electron chi connectivity index (χ1n) is 13.8. The molecule has 39 heavy (non-hydrogen) atoms.